The Hall–Kier alpha value is -3.04. The molecular formula is C23H18N2S. The zero-order valence-electron chi connectivity index (χ0n) is 14.5. The van der Waals surface area contributed by atoms with Gasteiger partial charge in [-0.2, -0.15) is 0 Å². The molecule has 2 aromatic carbocycles. The molecule has 0 aliphatic rings. The molecule has 0 bridgehead atoms. The normalized spacial score (nSPS) is 11.5. The van der Waals surface area contributed by atoms with Crippen LogP contribution in [-0.4, -0.2) is 4.98 Å². The van der Waals surface area contributed by atoms with Crippen molar-refractivity contribution in [1.82, 2.24) is 4.98 Å². The third-order valence-electron chi connectivity index (χ3n) is 4.14. The van der Waals surface area contributed by atoms with Crippen LogP contribution in [0, 0.1) is 6.92 Å². The van der Waals surface area contributed by atoms with Gasteiger partial charge in [0.05, 0.1) is 0 Å². The zero-order valence-corrected chi connectivity index (χ0v) is 15.3. The van der Waals surface area contributed by atoms with E-state index in [2.05, 4.69) is 65.6 Å². The molecular weight excluding hydrogens is 336 g/mol. The van der Waals surface area contributed by atoms with Crippen molar-refractivity contribution in [2.24, 2.45) is 4.99 Å². The first-order valence-electron chi connectivity index (χ1n) is 8.52. The third kappa shape index (κ3) is 3.63. The number of nitrogens with zero attached hydrogens (tertiary/aromatic N) is 2. The molecule has 2 aromatic heterocycles. The molecule has 26 heavy (non-hydrogen) atoms. The molecule has 0 radical (unpaired) electrons. The Morgan fingerprint density at radius 2 is 1.42 bits per heavy atom. The summed E-state index contributed by atoms with van der Waals surface area (Å²) < 4.78 is 0.951. The van der Waals surface area contributed by atoms with E-state index in [1.54, 1.807) is 17.5 Å². The summed E-state index contributed by atoms with van der Waals surface area (Å²) in [5, 5.41) is 0. The minimum atomic E-state index is 0.771. The highest BCUT2D eigenvalue weighted by Crippen LogP contribution is 2.27. The Morgan fingerprint density at radius 3 is 2.12 bits per heavy atom. The molecule has 2 heterocycles. The van der Waals surface area contributed by atoms with Gasteiger partial charge in [0.2, 0.25) is 0 Å². The predicted octanol–water partition coefficient (Wildman–Crippen LogP) is 6.02. The third-order valence-corrected chi connectivity index (χ3v) is 5.14. The molecule has 0 N–H and O–H groups in total. The largest absolute Gasteiger partial charge is 0.237 e. The Balaban J connectivity index is 1.93. The highest BCUT2D eigenvalue weighted by molar-refractivity contribution is 7.12. The first-order valence-corrected chi connectivity index (χ1v) is 9.34. The minimum absolute atomic E-state index is 0.771. The number of benzene rings is 2. The van der Waals surface area contributed by atoms with Gasteiger partial charge in [0, 0.05) is 11.1 Å². The summed E-state index contributed by atoms with van der Waals surface area (Å²) in [5.74, 6) is 0.771. The van der Waals surface area contributed by atoms with E-state index in [4.69, 9.17) is 4.99 Å². The van der Waals surface area contributed by atoms with E-state index < -0.39 is 0 Å². The fourth-order valence-corrected chi connectivity index (χ4v) is 3.77. The SMILES string of the molecule is Cc1cccnc1N=c1cc(-c2ccccc2)cc(-c2ccccc2)s1. The maximum Gasteiger partial charge on any atom is 0.156 e. The molecule has 0 saturated heterocycles. The smallest absolute Gasteiger partial charge is 0.156 e. The van der Waals surface area contributed by atoms with Crippen molar-refractivity contribution in [3.63, 3.8) is 0 Å². The van der Waals surface area contributed by atoms with Gasteiger partial charge < -0.3 is 0 Å². The topological polar surface area (TPSA) is 25.2 Å². The number of hydrogen-bond donors (Lipinski definition) is 0. The quantitative estimate of drug-likeness (QED) is 0.442. The van der Waals surface area contributed by atoms with Crippen LogP contribution in [0.2, 0.25) is 0 Å². The molecule has 3 heteroatoms. The van der Waals surface area contributed by atoms with Crippen molar-refractivity contribution < 1.29 is 0 Å². The lowest BCUT2D eigenvalue weighted by molar-refractivity contribution is 1.19. The van der Waals surface area contributed by atoms with Crippen LogP contribution in [-0.2, 0) is 0 Å². The van der Waals surface area contributed by atoms with E-state index in [-0.39, 0.29) is 0 Å². The lowest BCUT2D eigenvalue weighted by Gasteiger charge is -2.06. The van der Waals surface area contributed by atoms with Crippen LogP contribution in [0.3, 0.4) is 0 Å². The van der Waals surface area contributed by atoms with E-state index in [9.17, 15) is 0 Å². The molecule has 0 aliphatic carbocycles. The van der Waals surface area contributed by atoms with Gasteiger partial charge in [0.15, 0.2) is 5.82 Å². The Labute approximate surface area is 157 Å². The molecule has 0 saturated carbocycles. The van der Waals surface area contributed by atoms with Crippen molar-refractivity contribution in [2.75, 3.05) is 0 Å². The van der Waals surface area contributed by atoms with Crippen molar-refractivity contribution in [1.29, 1.82) is 0 Å². The van der Waals surface area contributed by atoms with Crippen molar-refractivity contribution in [3.05, 3.63) is 101 Å². The predicted molar refractivity (Wildman–Crippen MR) is 109 cm³/mol. The molecule has 4 rings (SSSR count). The lowest BCUT2D eigenvalue weighted by Crippen LogP contribution is -1.98. The van der Waals surface area contributed by atoms with Gasteiger partial charge in [-0.25, -0.2) is 9.98 Å². The Kier molecular flexibility index (Phi) is 4.71. The van der Waals surface area contributed by atoms with Gasteiger partial charge in [-0.15, -0.1) is 11.3 Å². The average Bonchev–Trinajstić information content (AvgIpc) is 2.71. The zero-order chi connectivity index (χ0) is 17.8. The average molecular weight is 354 g/mol. The molecule has 0 fully saturated rings. The van der Waals surface area contributed by atoms with Crippen LogP contribution in [0.25, 0.3) is 21.6 Å². The van der Waals surface area contributed by atoms with Crippen LogP contribution >= 0.6 is 11.3 Å². The summed E-state index contributed by atoms with van der Waals surface area (Å²) in [7, 11) is 0. The standard InChI is InChI=1S/C23H18N2S/c1-17-9-8-14-24-23(17)25-22-16-20(18-10-4-2-5-11-18)15-21(26-22)19-12-6-3-7-13-19/h2-16H,1H3. The second-order valence-corrected chi connectivity index (χ2v) is 7.10. The van der Waals surface area contributed by atoms with E-state index >= 15 is 0 Å². The molecule has 4 aromatic rings. The van der Waals surface area contributed by atoms with E-state index in [1.165, 1.54) is 16.0 Å². The molecule has 0 atom stereocenters. The van der Waals surface area contributed by atoms with Gasteiger partial charge in [0.25, 0.3) is 0 Å². The molecule has 0 aliphatic heterocycles. The highest BCUT2D eigenvalue weighted by Gasteiger charge is 2.05. The number of aromatic nitrogens is 1. The summed E-state index contributed by atoms with van der Waals surface area (Å²) in [6.45, 7) is 2.04. The van der Waals surface area contributed by atoms with Gasteiger partial charge in [-0.3, -0.25) is 0 Å². The van der Waals surface area contributed by atoms with Gasteiger partial charge in [0.1, 0.15) is 4.67 Å². The summed E-state index contributed by atoms with van der Waals surface area (Å²) in [4.78, 5) is 10.4. The van der Waals surface area contributed by atoms with Crippen LogP contribution in [0.15, 0.2) is 96.1 Å². The van der Waals surface area contributed by atoms with Crippen LogP contribution in [0.5, 0.6) is 0 Å². The van der Waals surface area contributed by atoms with Gasteiger partial charge in [-0.1, -0.05) is 66.7 Å². The highest BCUT2D eigenvalue weighted by atomic mass is 32.1. The summed E-state index contributed by atoms with van der Waals surface area (Å²) in [6, 6.07) is 29.2. The van der Waals surface area contributed by atoms with Crippen molar-refractivity contribution in [3.8, 4) is 21.6 Å². The van der Waals surface area contributed by atoms with Crippen LogP contribution in [0.4, 0.5) is 5.82 Å². The first-order chi connectivity index (χ1) is 12.8. The van der Waals surface area contributed by atoms with Crippen LogP contribution < -0.4 is 4.67 Å². The first kappa shape index (κ1) is 16.4. The molecule has 0 spiro atoms. The molecule has 126 valence electrons. The monoisotopic (exact) mass is 354 g/mol. The van der Waals surface area contributed by atoms with Crippen molar-refractivity contribution >= 4 is 17.2 Å². The van der Waals surface area contributed by atoms with E-state index in [1.807, 2.05) is 31.2 Å². The van der Waals surface area contributed by atoms with Gasteiger partial charge in [-0.05, 0) is 47.4 Å². The van der Waals surface area contributed by atoms with Crippen LogP contribution in [0.1, 0.15) is 5.56 Å². The summed E-state index contributed by atoms with van der Waals surface area (Å²) in [5.41, 5.74) is 4.62. The maximum absolute atomic E-state index is 4.82. The fourth-order valence-electron chi connectivity index (χ4n) is 2.78. The van der Waals surface area contributed by atoms with Gasteiger partial charge >= 0.3 is 0 Å². The van der Waals surface area contributed by atoms with Crippen molar-refractivity contribution in [2.45, 2.75) is 6.92 Å². The lowest BCUT2D eigenvalue weighted by atomic mass is 10.1. The van der Waals surface area contributed by atoms with E-state index in [0.717, 1.165) is 21.6 Å². The van der Waals surface area contributed by atoms with E-state index in [0.29, 0.717) is 0 Å². The second kappa shape index (κ2) is 7.46. The Bertz CT molecular complexity index is 1020. The number of pyridine rings is 1. The number of hydrogen-bond acceptors (Lipinski definition) is 3. The molecule has 0 unspecified atom stereocenters. The number of rotatable bonds is 3. The molecule has 2 nitrogen and oxygen atoms in total. The second-order valence-electron chi connectivity index (χ2n) is 6.04. The molecule has 0 amide bonds. The maximum atomic E-state index is 4.82. The Morgan fingerprint density at radius 1 is 0.731 bits per heavy atom. The number of aryl methyl sites for hydroxylation is 1. The minimum Gasteiger partial charge on any atom is -0.237 e. The fraction of sp³-hybridized carbons (Fsp3) is 0.0435. The summed E-state index contributed by atoms with van der Waals surface area (Å²) >= 11 is 1.68. The summed E-state index contributed by atoms with van der Waals surface area (Å²) in [6.07, 6.45) is 1.79.